The number of halogens is 4. The minimum absolute atomic E-state index is 0.0554. The smallest absolute Gasteiger partial charge is 0.358 e. The highest BCUT2D eigenvalue weighted by Gasteiger charge is 2.66. The summed E-state index contributed by atoms with van der Waals surface area (Å²) in [4.78, 5) is 20.7. The van der Waals surface area contributed by atoms with Gasteiger partial charge in [-0.25, -0.2) is 14.4 Å². The SMILES string of the molecule is [2H]C([2H])([2H])n1cc(Nc2ncc(-c3ccc(CC(=O)Nc4cc(C5(C(F)(F)F)CC5)on4)c(F)c3)cn2)c(C)n1. The van der Waals surface area contributed by atoms with E-state index in [0.717, 1.165) is 10.7 Å². The number of alkyl halides is 3. The molecule has 0 unspecified atom stereocenters. The van der Waals surface area contributed by atoms with Crippen LogP contribution in [0.25, 0.3) is 11.1 Å². The van der Waals surface area contributed by atoms with Crippen LogP contribution in [-0.4, -0.2) is 37.0 Å². The van der Waals surface area contributed by atoms with E-state index in [1.807, 2.05) is 0 Å². The predicted molar refractivity (Wildman–Crippen MR) is 124 cm³/mol. The van der Waals surface area contributed by atoms with Gasteiger partial charge in [-0.15, -0.1) is 0 Å². The molecule has 3 aromatic heterocycles. The molecular formula is C24H21F4N7O2. The fourth-order valence-electron chi connectivity index (χ4n) is 3.83. The van der Waals surface area contributed by atoms with E-state index in [-0.39, 0.29) is 42.4 Å². The van der Waals surface area contributed by atoms with Crippen LogP contribution in [0, 0.1) is 12.7 Å². The van der Waals surface area contributed by atoms with Gasteiger partial charge in [0.25, 0.3) is 0 Å². The summed E-state index contributed by atoms with van der Waals surface area (Å²) in [5, 5.41) is 12.7. The molecule has 3 heterocycles. The first kappa shape index (κ1) is 20.9. The van der Waals surface area contributed by atoms with Gasteiger partial charge in [-0.3, -0.25) is 9.48 Å². The minimum Gasteiger partial charge on any atom is -0.358 e. The van der Waals surface area contributed by atoms with Crippen molar-refractivity contribution in [3.05, 3.63) is 65.7 Å². The third-order valence-corrected chi connectivity index (χ3v) is 6.08. The van der Waals surface area contributed by atoms with E-state index in [9.17, 15) is 22.4 Å². The summed E-state index contributed by atoms with van der Waals surface area (Å²) >= 11 is 0. The Morgan fingerprint density at radius 1 is 1.22 bits per heavy atom. The molecule has 0 aliphatic heterocycles. The molecule has 1 saturated carbocycles. The molecule has 2 N–H and O–H groups in total. The minimum atomic E-state index is -4.48. The first-order chi connectivity index (χ1) is 18.7. The number of aryl methyl sites for hydroxylation is 2. The third kappa shape index (κ3) is 4.88. The topological polar surface area (TPSA) is 111 Å². The lowest BCUT2D eigenvalue weighted by molar-refractivity contribution is -0.165. The summed E-state index contributed by atoms with van der Waals surface area (Å²) in [7, 11) is 0. The van der Waals surface area contributed by atoms with Gasteiger partial charge in [-0.1, -0.05) is 17.3 Å². The molecule has 192 valence electrons. The lowest BCUT2D eigenvalue weighted by Gasteiger charge is -2.14. The van der Waals surface area contributed by atoms with Crippen LogP contribution in [-0.2, 0) is 23.6 Å². The predicted octanol–water partition coefficient (Wildman–Crippen LogP) is 4.83. The Morgan fingerprint density at radius 2 is 1.97 bits per heavy atom. The Morgan fingerprint density at radius 3 is 2.59 bits per heavy atom. The zero-order valence-corrected chi connectivity index (χ0v) is 19.2. The number of nitrogens with one attached hydrogen (secondary N) is 2. The Kier molecular flexibility index (Phi) is 5.06. The number of hydrogen-bond donors (Lipinski definition) is 2. The Bertz CT molecular complexity index is 1560. The van der Waals surface area contributed by atoms with Gasteiger partial charge in [0.1, 0.15) is 11.2 Å². The summed E-state index contributed by atoms with van der Waals surface area (Å²) in [6.07, 6.45) is -0.895. The maximum atomic E-state index is 14.8. The number of carbonyl (C=O) groups is 1. The zero-order chi connectivity index (χ0) is 28.9. The van der Waals surface area contributed by atoms with Crippen LogP contribution in [0.1, 0.15) is 34.0 Å². The van der Waals surface area contributed by atoms with Crippen LogP contribution in [0.3, 0.4) is 0 Å². The van der Waals surface area contributed by atoms with Gasteiger partial charge < -0.3 is 15.2 Å². The zero-order valence-electron chi connectivity index (χ0n) is 22.2. The average molecular weight is 518 g/mol. The lowest BCUT2D eigenvalue weighted by Crippen LogP contribution is -2.28. The second kappa shape index (κ2) is 8.98. The van der Waals surface area contributed by atoms with E-state index in [4.69, 9.17) is 8.64 Å². The molecule has 0 spiro atoms. The molecule has 0 atom stereocenters. The lowest BCUT2D eigenvalue weighted by atomic mass is 10.0. The monoisotopic (exact) mass is 518 g/mol. The molecule has 37 heavy (non-hydrogen) atoms. The first-order valence-corrected chi connectivity index (χ1v) is 11.0. The van der Waals surface area contributed by atoms with Gasteiger partial charge in [-0.05, 0) is 37.0 Å². The normalized spacial score (nSPS) is 16.0. The Labute approximate surface area is 212 Å². The molecule has 5 rings (SSSR count). The van der Waals surface area contributed by atoms with Crippen LogP contribution in [0.2, 0.25) is 0 Å². The van der Waals surface area contributed by atoms with Crippen molar-refractivity contribution in [2.24, 2.45) is 6.98 Å². The van der Waals surface area contributed by atoms with E-state index >= 15 is 0 Å². The molecule has 1 aliphatic carbocycles. The number of rotatable bonds is 7. The van der Waals surface area contributed by atoms with Gasteiger partial charge in [0, 0.05) is 41.3 Å². The second-order valence-corrected chi connectivity index (χ2v) is 8.68. The Hall–Kier alpha value is -4.29. The molecule has 1 amide bonds. The molecule has 9 nitrogen and oxygen atoms in total. The van der Waals surface area contributed by atoms with Crippen molar-refractivity contribution >= 4 is 23.4 Å². The van der Waals surface area contributed by atoms with Crippen molar-refractivity contribution in [2.45, 2.75) is 37.8 Å². The first-order valence-electron chi connectivity index (χ1n) is 12.5. The standard InChI is InChI=1S/C24H21F4N7O2/c1-13-18(12-35(2)33-13)31-22-29-10-16(11-30-22)14-3-4-15(17(25)7-14)8-21(36)32-20-9-19(37-34-20)23(5-6-23)24(26,27)28/h3-4,7,9-12H,5-6,8H2,1-2H3,(H,29,30,31)(H,32,34,36)/i2D3. The van der Waals surface area contributed by atoms with E-state index in [0.29, 0.717) is 22.5 Å². The molecule has 1 aliphatic rings. The number of amides is 1. The van der Waals surface area contributed by atoms with Crippen molar-refractivity contribution in [1.82, 2.24) is 24.9 Å². The van der Waals surface area contributed by atoms with Crippen LogP contribution in [0.4, 0.5) is 35.0 Å². The number of hydrogen-bond acceptors (Lipinski definition) is 7. The molecule has 4 aromatic rings. The second-order valence-electron chi connectivity index (χ2n) is 8.68. The van der Waals surface area contributed by atoms with Gasteiger partial charge in [0.2, 0.25) is 11.9 Å². The van der Waals surface area contributed by atoms with E-state index < -0.39 is 30.3 Å². The molecule has 0 saturated heterocycles. The summed E-state index contributed by atoms with van der Waals surface area (Å²) in [5.41, 5.74) is -0.258. The van der Waals surface area contributed by atoms with E-state index in [2.05, 4.69) is 30.9 Å². The number of benzene rings is 1. The van der Waals surface area contributed by atoms with Crippen molar-refractivity contribution in [3.8, 4) is 11.1 Å². The number of anilines is 3. The molecule has 0 bridgehead atoms. The van der Waals surface area contributed by atoms with E-state index in [1.54, 1.807) is 13.0 Å². The maximum Gasteiger partial charge on any atom is 0.401 e. The average Bonchev–Trinajstić information content (AvgIpc) is 3.44. The van der Waals surface area contributed by atoms with Crippen LogP contribution >= 0.6 is 0 Å². The summed E-state index contributed by atoms with van der Waals surface area (Å²) in [6, 6.07) is 5.21. The van der Waals surface area contributed by atoms with Crippen LogP contribution < -0.4 is 10.6 Å². The largest absolute Gasteiger partial charge is 0.401 e. The molecule has 13 heteroatoms. The van der Waals surface area contributed by atoms with Gasteiger partial charge >= 0.3 is 6.18 Å². The van der Waals surface area contributed by atoms with Gasteiger partial charge in [0.15, 0.2) is 11.6 Å². The summed E-state index contributed by atoms with van der Waals surface area (Å²) < 4.78 is 82.5. The summed E-state index contributed by atoms with van der Waals surface area (Å²) in [6.45, 7) is -0.800. The molecule has 1 aromatic carbocycles. The van der Waals surface area contributed by atoms with Gasteiger partial charge in [-0.2, -0.15) is 18.3 Å². The number of nitrogens with zero attached hydrogens (tertiary/aromatic N) is 5. The van der Waals surface area contributed by atoms with Crippen molar-refractivity contribution in [3.63, 3.8) is 0 Å². The number of carbonyl (C=O) groups excluding carboxylic acids is 1. The molecular weight excluding hydrogens is 494 g/mol. The highest BCUT2D eigenvalue weighted by molar-refractivity contribution is 5.91. The van der Waals surface area contributed by atoms with E-state index in [1.165, 1.54) is 30.7 Å². The highest BCUT2D eigenvalue weighted by Crippen LogP contribution is 2.59. The fourth-order valence-corrected chi connectivity index (χ4v) is 3.83. The van der Waals surface area contributed by atoms with Crippen LogP contribution in [0.5, 0.6) is 0 Å². The third-order valence-electron chi connectivity index (χ3n) is 6.08. The van der Waals surface area contributed by atoms with Crippen molar-refractivity contribution in [1.29, 1.82) is 0 Å². The maximum absolute atomic E-state index is 14.8. The van der Waals surface area contributed by atoms with Crippen molar-refractivity contribution in [2.75, 3.05) is 10.6 Å². The molecule has 1 fully saturated rings. The molecule has 0 radical (unpaired) electrons. The van der Waals surface area contributed by atoms with Gasteiger partial charge in [0.05, 0.1) is 17.8 Å². The van der Waals surface area contributed by atoms with Crippen LogP contribution in [0.15, 0.2) is 47.4 Å². The quantitative estimate of drug-likeness (QED) is 0.337. The number of aromatic nitrogens is 5. The highest BCUT2D eigenvalue weighted by atomic mass is 19.4. The fraction of sp³-hybridized carbons (Fsp3) is 0.292. The van der Waals surface area contributed by atoms with Crippen molar-refractivity contribution < 1.29 is 31.0 Å². The Balaban J connectivity index is 1.22. The summed E-state index contributed by atoms with van der Waals surface area (Å²) in [5.74, 6) is -1.74.